The lowest BCUT2D eigenvalue weighted by Crippen LogP contribution is -2.45. The molecule has 0 aromatic rings. The van der Waals surface area contributed by atoms with Gasteiger partial charge in [-0.2, -0.15) is 0 Å². The van der Waals surface area contributed by atoms with Gasteiger partial charge in [-0.3, -0.25) is 9.59 Å². The molecule has 2 rings (SSSR count). The third-order valence-electron chi connectivity index (χ3n) is 4.58. The fourth-order valence-electron chi connectivity index (χ4n) is 2.88. The minimum absolute atomic E-state index is 0.180. The van der Waals surface area contributed by atoms with E-state index in [0.29, 0.717) is 32.4 Å². The first-order valence-corrected chi connectivity index (χ1v) is 7.25. The van der Waals surface area contributed by atoms with Gasteiger partial charge < -0.3 is 14.9 Å². The first-order chi connectivity index (χ1) is 9.01. The summed E-state index contributed by atoms with van der Waals surface area (Å²) in [6, 6.07) is 0. The van der Waals surface area contributed by atoms with Crippen LogP contribution in [0.25, 0.3) is 0 Å². The summed E-state index contributed by atoms with van der Waals surface area (Å²) in [6.45, 7) is 6.03. The smallest absolute Gasteiger partial charge is 0.309 e. The number of carbonyl (C=O) groups is 2. The molecule has 2 saturated heterocycles. The number of amides is 1. The maximum atomic E-state index is 12.1. The zero-order valence-electron chi connectivity index (χ0n) is 11.7. The predicted octanol–water partition coefficient (Wildman–Crippen LogP) is 1.19. The zero-order valence-corrected chi connectivity index (χ0v) is 11.7. The van der Waals surface area contributed by atoms with Crippen LogP contribution in [-0.4, -0.2) is 59.5 Å². The Balaban J connectivity index is 1.74. The average Bonchev–Trinajstić information content (AvgIpc) is 2.90. The molecular formula is C14H24N2O3. The molecule has 0 aliphatic carbocycles. The van der Waals surface area contributed by atoms with E-state index in [1.54, 1.807) is 6.92 Å². The van der Waals surface area contributed by atoms with Gasteiger partial charge in [0.1, 0.15) is 0 Å². The van der Waals surface area contributed by atoms with Crippen LogP contribution in [0, 0.1) is 5.41 Å². The lowest BCUT2D eigenvalue weighted by Gasteiger charge is -2.36. The highest BCUT2D eigenvalue weighted by Crippen LogP contribution is 2.31. The van der Waals surface area contributed by atoms with E-state index >= 15 is 0 Å². The van der Waals surface area contributed by atoms with Crippen LogP contribution in [-0.2, 0) is 9.59 Å². The van der Waals surface area contributed by atoms with Crippen LogP contribution in [0.15, 0.2) is 0 Å². The minimum atomic E-state index is -0.739. The van der Waals surface area contributed by atoms with Crippen molar-refractivity contribution in [2.24, 2.45) is 5.41 Å². The van der Waals surface area contributed by atoms with Crippen LogP contribution in [0.3, 0.4) is 0 Å². The number of piperidine rings is 1. The van der Waals surface area contributed by atoms with Gasteiger partial charge in [0.25, 0.3) is 0 Å². The van der Waals surface area contributed by atoms with Crippen molar-refractivity contribution >= 4 is 11.9 Å². The highest BCUT2D eigenvalue weighted by atomic mass is 16.4. The maximum Gasteiger partial charge on any atom is 0.309 e. The zero-order chi connectivity index (χ0) is 13.9. The lowest BCUT2D eigenvalue weighted by molar-refractivity contribution is -0.153. The van der Waals surface area contributed by atoms with E-state index < -0.39 is 11.4 Å². The van der Waals surface area contributed by atoms with Crippen molar-refractivity contribution in [1.82, 2.24) is 9.80 Å². The van der Waals surface area contributed by atoms with Gasteiger partial charge in [0, 0.05) is 26.1 Å². The van der Waals surface area contributed by atoms with Crippen molar-refractivity contribution in [2.45, 2.75) is 39.0 Å². The third-order valence-corrected chi connectivity index (χ3v) is 4.58. The summed E-state index contributed by atoms with van der Waals surface area (Å²) in [5, 5.41) is 9.16. The standard InChI is InChI=1S/C14H24N2O3/c1-14(13(18)19)5-10-16(11-6-14)12(17)4-9-15-7-2-3-8-15/h2-11H2,1H3,(H,18,19). The van der Waals surface area contributed by atoms with Crippen molar-refractivity contribution in [2.75, 3.05) is 32.7 Å². The Kier molecular flexibility index (Phi) is 4.45. The summed E-state index contributed by atoms with van der Waals surface area (Å²) in [6.07, 6.45) is 4.20. The molecule has 0 aromatic carbocycles. The number of carboxylic acid groups (broad SMARTS) is 1. The van der Waals surface area contributed by atoms with Crippen LogP contribution in [0.4, 0.5) is 0 Å². The van der Waals surface area contributed by atoms with Gasteiger partial charge in [-0.1, -0.05) is 0 Å². The Morgan fingerprint density at radius 3 is 2.21 bits per heavy atom. The molecule has 2 aliphatic heterocycles. The summed E-state index contributed by atoms with van der Waals surface area (Å²) >= 11 is 0. The Morgan fingerprint density at radius 1 is 1.11 bits per heavy atom. The Morgan fingerprint density at radius 2 is 1.68 bits per heavy atom. The number of nitrogens with zero attached hydrogens (tertiary/aromatic N) is 2. The van der Waals surface area contributed by atoms with E-state index in [1.807, 2.05) is 4.90 Å². The van der Waals surface area contributed by atoms with Gasteiger partial charge >= 0.3 is 5.97 Å². The van der Waals surface area contributed by atoms with Gasteiger partial charge in [-0.25, -0.2) is 0 Å². The first kappa shape index (κ1) is 14.3. The third kappa shape index (κ3) is 3.47. The van der Waals surface area contributed by atoms with Gasteiger partial charge in [0.2, 0.25) is 5.91 Å². The van der Waals surface area contributed by atoms with Crippen molar-refractivity contribution in [3.8, 4) is 0 Å². The molecule has 0 aromatic heterocycles. The van der Waals surface area contributed by atoms with Crippen LogP contribution in [0.5, 0.6) is 0 Å². The van der Waals surface area contributed by atoms with E-state index in [1.165, 1.54) is 12.8 Å². The van der Waals surface area contributed by atoms with Crippen LogP contribution in [0.2, 0.25) is 0 Å². The SMILES string of the molecule is CC1(C(=O)O)CCN(C(=O)CCN2CCCC2)CC1. The Bertz CT molecular complexity index is 343. The fraction of sp³-hybridized carbons (Fsp3) is 0.857. The first-order valence-electron chi connectivity index (χ1n) is 7.25. The minimum Gasteiger partial charge on any atom is -0.481 e. The molecule has 2 fully saturated rings. The van der Waals surface area contributed by atoms with E-state index in [4.69, 9.17) is 5.11 Å². The van der Waals surface area contributed by atoms with E-state index in [-0.39, 0.29) is 5.91 Å². The topological polar surface area (TPSA) is 60.9 Å². The number of hydrogen-bond acceptors (Lipinski definition) is 3. The molecular weight excluding hydrogens is 244 g/mol. The monoisotopic (exact) mass is 268 g/mol. The quantitative estimate of drug-likeness (QED) is 0.832. The van der Waals surface area contributed by atoms with Crippen LogP contribution >= 0.6 is 0 Å². The molecule has 0 saturated carbocycles. The molecule has 0 radical (unpaired) electrons. The molecule has 5 nitrogen and oxygen atoms in total. The molecule has 0 bridgehead atoms. The van der Waals surface area contributed by atoms with Crippen LogP contribution in [0.1, 0.15) is 39.0 Å². The summed E-state index contributed by atoms with van der Waals surface area (Å²) < 4.78 is 0. The fourth-order valence-corrected chi connectivity index (χ4v) is 2.88. The van der Waals surface area contributed by atoms with Gasteiger partial charge in [0.05, 0.1) is 5.41 Å². The molecule has 2 heterocycles. The molecule has 0 unspecified atom stereocenters. The number of hydrogen-bond donors (Lipinski definition) is 1. The maximum absolute atomic E-state index is 12.1. The second-order valence-electron chi connectivity index (χ2n) is 6.05. The van der Waals surface area contributed by atoms with Crippen molar-refractivity contribution in [3.63, 3.8) is 0 Å². The Labute approximate surface area is 114 Å². The predicted molar refractivity (Wildman–Crippen MR) is 71.8 cm³/mol. The normalized spacial score (nSPS) is 23.5. The Hall–Kier alpha value is -1.10. The van der Waals surface area contributed by atoms with E-state index in [2.05, 4.69) is 4.90 Å². The van der Waals surface area contributed by atoms with Crippen LogP contribution < -0.4 is 0 Å². The molecule has 1 amide bonds. The molecule has 108 valence electrons. The summed E-state index contributed by atoms with van der Waals surface area (Å²) in [5.74, 6) is -0.559. The molecule has 1 N–H and O–H groups in total. The molecule has 5 heteroatoms. The molecule has 0 spiro atoms. The van der Waals surface area contributed by atoms with Crippen molar-refractivity contribution in [1.29, 1.82) is 0 Å². The molecule has 2 aliphatic rings. The largest absolute Gasteiger partial charge is 0.481 e. The summed E-state index contributed by atoms with van der Waals surface area (Å²) in [5.41, 5.74) is -0.647. The van der Waals surface area contributed by atoms with E-state index in [9.17, 15) is 9.59 Å². The lowest BCUT2D eigenvalue weighted by atomic mass is 9.80. The van der Waals surface area contributed by atoms with Gasteiger partial charge in [0.15, 0.2) is 0 Å². The second-order valence-corrected chi connectivity index (χ2v) is 6.05. The van der Waals surface area contributed by atoms with Gasteiger partial charge in [-0.15, -0.1) is 0 Å². The number of likely N-dealkylation sites (tertiary alicyclic amines) is 2. The molecule has 19 heavy (non-hydrogen) atoms. The number of rotatable bonds is 4. The second kappa shape index (κ2) is 5.90. The van der Waals surface area contributed by atoms with Crippen molar-refractivity contribution < 1.29 is 14.7 Å². The summed E-state index contributed by atoms with van der Waals surface area (Å²) in [7, 11) is 0. The average molecular weight is 268 g/mol. The number of carboxylic acids is 1. The summed E-state index contributed by atoms with van der Waals surface area (Å²) in [4.78, 5) is 27.4. The highest BCUT2D eigenvalue weighted by molar-refractivity contribution is 5.78. The number of carbonyl (C=O) groups excluding carboxylic acids is 1. The van der Waals surface area contributed by atoms with Gasteiger partial charge in [-0.05, 0) is 45.7 Å². The van der Waals surface area contributed by atoms with Crippen molar-refractivity contribution in [3.05, 3.63) is 0 Å². The molecule has 0 atom stereocenters. The highest BCUT2D eigenvalue weighted by Gasteiger charge is 2.37. The van der Waals surface area contributed by atoms with E-state index in [0.717, 1.165) is 19.6 Å². The number of aliphatic carboxylic acids is 1.